The maximum atomic E-state index is 12.1. The Morgan fingerprint density at radius 2 is 1.87 bits per heavy atom. The van der Waals surface area contributed by atoms with Gasteiger partial charge in [0, 0.05) is 43.4 Å². The van der Waals surface area contributed by atoms with Crippen LogP contribution in [-0.4, -0.2) is 34.8 Å². The molecular weight excluding hydrogens is 358 g/mol. The van der Waals surface area contributed by atoms with Crippen LogP contribution >= 0.6 is 15.9 Å². The first-order valence-corrected chi connectivity index (χ1v) is 8.04. The minimum Gasteiger partial charge on any atom is -0.350 e. The summed E-state index contributed by atoms with van der Waals surface area (Å²) in [6.45, 7) is 2.87. The van der Waals surface area contributed by atoms with Crippen molar-refractivity contribution in [2.24, 2.45) is 0 Å². The van der Waals surface area contributed by atoms with Crippen LogP contribution in [0.1, 0.15) is 22.8 Å². The van der Waals surface area contributed by atoms with Crippen molar-refractivity contribution < 1.29 is 9.59 Å². The summed E-state index contributed by atoms with van der Waals surface area (Å²) in [5.41, 5.74) is 1.59. The van der Waals surface area contributed by atoms with E-state index in [4.69, 9.17) is 0 Å². The summed E-state index contributed by atoms with van der Waals surface area (Å²) in [5, 5.41) is 2.84. The molecule has 0 fully saturated rings. The van der Waals surface area contributed by atoms with Crippen LogP contribution < -0.4 is 5.32 Å². The summed E-state index contributed by atoms with van der Waals surface area (Å²) in [5.74, 6) is -0.193. The highest BCUT2D eigenvalue weighted by atomic mass is 79.9. The largest absolute Gasteiger partial charge is 0.350 e. The summed E-state index contributed by atoms with van der Waals surface area (Å²) in [7, 11) is 0. The SMILES string of the molecule is CC(=O)N(CCNC(=O)c1ccccc1Br)Cc1ccncc1. The predicted molar refractivity (Wildman–Crippen MR) is 91.8 cm³/mol. The van der Waals surface area contributed by atoms with Crippen molar-refractivity contribution in [1.82, 2.24) is 15.2 Å². The van der Waals surface area contributed by atoms with Crippen LogP contribution in [0.5, 0.6) is 0 Å². The number of hydrogen-bond donors (Lipinski definition) is 1. The molecule has 0 spiro atoms. The molecular formula is C17H18BrN3O2. The Bertz CT molecular complexity index is 677. The Kier molecular flexibility index (Phi) is 6.29. The minimum absolute atomic E-state index is 0.0306. The van der Waals surface area contributed by atoms with Crippen molar-refractivity contribution in [2.45, 2.75) is 13.5 Å². The number of hydrogen-bond acceptors (Lipinski definition) is 3. The van der Waals surface area contributed by atoms with Crippen LogP contribution in [0.2, 0.25) is 0 Å². The van der Waals surface area contributed by atoms with Crippen molar-refractivity contribution in [3.8, 4) is 0 Å². The average Bonchev–Trinajstić information content (AvgIpc) is 2.55. The van der Waals surface area contributed by atoms with E-state index in [1.165, 1.54) is 6.92 Å². The second-order valence-electron chi connectivity index (χ2n) is 5.03. The molecule has 120 valence electrons. The van der Waals surface area contributed by atoms with E-state index in [0.29, 0.717) is 25.2 Å². The Labute approximate surface area is 143 Å². The first kappa shape index (κ1) is 17.1. The van der Waals surface area contributed by atoms with Gasteiger partial charge in [-0.05, 0) is 45.8 Å². The van der Waals surface area contributed by atoms with Gasteiger partial charge >= 0.3 is 0 Å². The molecule has 0 aliphatic rings. The van der Waals surface area contributed by atoms with Crippen molar-refractivity contribution in [1.29, 1.82) is 0 Å². The third kappa shape index (κ3) is 5.17. The highest BCUT2D eigenvalue weighted by molar-refractivity contribution is 9.10. The second-order valence-corrected chi connectivity index (χ2v) is 5.89. The van der Waals surface area contributed by atoms with Gasteiger partial charge in [0.05, 0.1) is 5.56 Å². The maximum Gasteiger partial charge on any atom is 0.252 e. The number of pyridine rings is 1. The van der Waals surface area contributed by atoms with E-state index in [0.717, 1.165) is 10.0 Å². The molecule has 2 amide bonds. The molecule has 0 saturated heterocycles. The van der Waals surface area contributed by atoms with Crippen LogP contribution in [0.3, 0.4) is 0 Å². The fourth-order valence-corrected chi connectivity index (χ4v) is 2.57. The second kappa shape index (κ2) is 8.43. The zero-order valence-corrected chi connectivity index (χ0v) is 14.4. The molecule has 1 N–H and O–H groups in total. The number of aromatic nitrogens is 1. The van der Waals surface area contributed by atoms with Gasteiger partial charge in [0.25, 0.3) is 5.91 Å². The molecule has 23 heavy (non-hydrogen) atoms. The van der Waals surface area contributed by atoms with E-state index >= 15 is 0 Å². The lowest BCUT2D eigenvalue weighted by Gasteiger charge is -2.21. The average molecular weight is 376 g/mol. The first-order valence-electron chi connectivity index (χ1n) is 7.25. The lowest BCUT2D eigenvalue weighted by atomic mass is 10.2. The molecule has 1 heterocycles. The first-order chi connectivity index (χ1) is 11.1. The van der Waals surface area contributed by atoms with Gasteiger partial charge in [-0.2, -0.15) is 0 Å². The number of carbonyl (C=O) groups is 2. The van der Waals surface area contributed by atoms with Gasteiger partial charge in [-0.15, -0.1) is 0 Å². The molecule has 2 aromatic rings. The Morgan fingerprint density at radius 3 is 2.52 bits per heavy atom. The number of nitrogens with one attached hydrogen (secondary N) is 1. The van der Waals surface area contributed by atoms with E-state index in [-0.39, 0.29) is 11.8 Å². The molecule has 6 heteroatoms. The van der Waals surface area contributed by atoms with Crippen molar-refractivity contribution in [3.63, 3.8) is 0 Å². The van der Waals surface area contributed by atoms with E-state index in [9.17, 15) is 9.59 Å². The quantitative estimate of drug-likeness (QED) is 0.843. The molecule has 0 aliphatic heterocycles. The molecule has 0 bridgehead atoms. The highest BCUT2D eigenvalue weighted by Crippen LogP contribution is 2.15. The Balaban J connectivity index is 1.88. The van der Waals surface area contributed by atoms with Gasteiger partial charge < -0.3 is 10.2 Å². The summed E-state index contributed by atoms with van der Waals surface area (Å²) >= 11 is 3.35. The smallest absolute Gasteiger partial charge is 0.252 e. The van der Waals surface area contributed by atoms with Crippen LogP contribution in [0.4, 0.5) is 0 Å². The normalized spacial score (nSPS) is 10.2. The van der Waals surface area contributed by atoms with Crippen LogP contribution in [-0.2, 0) is 11.3 Å². The Hall–Kier alpha value is -2.21. The van der Waals surface area contributed by atoms with Crippen molar-refractivity contribution in [3.05, 3.63) is 64.4 Å². The van der Waals surface area contributed by atoms with Gasteiger partial charge in [0.1, 0.15) is 0 Å². The zero-order chi connectivity index (χ0) is 16.7. The zero-order valence-electron chi connectivity index (χ0n) is 12.8. The summed E-state index contributed by atoms with van der Waals surface area (Å²) in [6, 6.07) is 11.0. The van der Waals surface area contributed by atoms with Gasteiger partial charge in [-0.3, -0.25) is 14.6 Å². The third-order valence-corrected chi connectivity index (χ3v) is 4.05. The Morgan fingerprint density at radius 1 is 1.17 bits per heavy atom. The molecule has 0 unspecified atom stereocenters. The molecule has 1 aromatic heterocycles. The molecule has 0 aliphatic carbocycles. The lowest BCUT2D eigenvalue weighted by Crippen LogP contribution is -2.37. The number of halogens is 1. The fourth-order valence-electron chi connectivity index (χ4n) is 2.10. The van der Waals surface area contributed by atoms with Crippen molar-refractivity contribution >= 4 is 27.7 Å². The van der Waals surface area contributed by atoms with Crippen LogP contribution in [0.25, 0.3) is 0 Å². The summed E-state index contributed by atoms with van der Waals surface area (Å²) < 4.78 is 0.748. The van der Waals surface area contributed by atoms with E-state index in [1.807, 2.05) is 30.3 Å². The molecule has 2 rings (SSSR count). The maximum absolute atomic E-state index is 12.1. The molecule has 0 atom stereocenters. The topological polar surface area (TPSA) is 62.3 Å². The number of benzene rings is 1. The lowest BCUT2D eigenvalue weighted by molar-refractivity contribution is -0.129. The minimum atomic E-state index is -0.162. The summed E-state index contributed by atoms with van der Waals surface area (Å²) in [6.07, 6.45) is 3.39. The van der Waals surface area contributed by atoms with Crippen LogP contribution in [0.15, 0.2) is 53.3 Å². The molecule has 0 radical (unpaired) electrons. The monoisotopic (exact) mass is 375 g/mol. The molecule has 0 saturated carbocycles. The number of carbonyl (C=O) groups excluding carboxylic acids is 2. The number of amides is 2. The molecule has 5 nitrogen and oxygen atoms in total. The van der Waals surface area contributed by atoms with Gasteiger partial charge in [-0.1, -0.05) is 12.1 Å². The van der Waals surface area contributed by atoms with E-state index in [2.05, 4.69) is 26.2 Å². The van der Waals surface area contributed by atoms with Gasteiger partial charge in [-0.25, -0.2) is 0 Å². The van der Waals surface area contributed by atoms with Crippen LogP contribution in [0, 0.1) is 0 Å². The third-order valence-electron chi connectivity index (χ3n) is 3.35. The van der Waals surface area contributed by atoms with Gasteiger partial charge in [0.2, 0.25) is 5.91 Å². The number of rotatable bonds is 6. The van der Waals surface area contributed by atoms with E-state index in [1.54, 1.807) is 23.4 Å². The summed E-state index contributed by atoms with van der Waals surface area (Å²) in [4.78, 5) is 29.5. The van der Waals surface area contributed by atoms with E-state index < -0.39 is 0 Å². The van der Waals surface area contributed by atoms with Crippen molar-refractivity contribution in [2.75, 3.05) is 13.1 Å². The highest BCUT2D eigenvalue weighted by Gasteiger charge is 2.12. The standard InChI is InChI=1S/C17H18BrN3O2/c1-13(22)21(12-14-6-8-19-9-7-14)11-10-20-17(23)15-4-2-3-5-16(15)18/h2-9H,10-12H2,1H3,(H,20,23). The molecule has 1 aromatic carbocycles. The van der Waals surface area contributed by atoms with Gasteiger partial charge in [0.15, 0.2) is 0 Å². The fraction of sp³-hybridized carbons (Fsp3) is 0.235. The number of nitrogens with zero attached hydrogens (tertiary/aromatic N) is 2. The predicted octanol–water partition coefficient (Wildman–Crippen LogP) is 2.62.